The van der Waals surface area contributed by atoms with E-state index < -0.39 is 16.0 Å². The molecule has 0 aliphatic rings. The molecular formula is C12H9ClINO4S2. The summed E-state index contributed by atoms with van der Waals surface area (Å²) in [5.74, 6) is -0.999. The molecule has 0 saturated carbocycles. The molecule has 0 saturated heterocycles. The second-order valence-electron chi connectivity index (χ2n) is 4.02. The molecule has 2 aromatic rings. The number of carboxylic acid groups (broad SMARTS) is 1. The number of carbonyl (C=O) groups is 1. The molecule has 2 rings (SSSR count). The molecule has 2 N–H and O–H groups in total. The van der Waals surface area contributed by atoms with Gasteiger partial charge in [-0.2, -0.15) is 0 Å². The number of hydrogen-bond donors (Lipinski definition) is 2. The highest BCUT2D eigenvalue weighted by Gasteiger charge is 2.19. The second-order valence-corrected chi connectivity index (χ2v) is 8.70. The molecule has 5 nitrogen and oxygen atoms in total. The first-order chi connectivity index (χ1) is 9.78. The van der Waals surface area contributed by atoms with Crippen molar-refractivity contribution in [3.63, 3.8) is 0 Å². The lowest BCUT2D eigenvalue weighted by atomic mass is 10.3. The Balaban J connectivity index is 2.25. The van der Waals surface area contributed by atoms with Gasteiger partial charge in [0.2, 0.25) is 0 Å². The first-order valence-corrected chi connectivity index (χ1v) is 9.32. The summed E-state index contributed by atoms with van der Waals surface area (Å²) in [6, 6.07) is 7.71. The van der Waals surface area contributed by atoms with Crippen molar-refractivity contribution < 1.29 is 18.3 Å². The molecule has 0 bridgehead atoms. The maximum Gasteiger partial charge on any atom is 0.308 e. The number of hydrogen-bond acceptors (Lipinski definition) is 4. The molecule has 1 aromatic heterocycles. The Kier molecular flexibility index (Phi) is 5.12. The van der Waals surface area contributed by atoms with Crippen LogP contribution in [0.5, 0.6) is 0 Å². The third kappa shape index (κ3) is 4.31. The summed E-state index contributed by atoms with van der Waals surface area (Å²) in [7, 11) is -3.74. The van der Waals surface area contributed by atoms with E-state index >= 15 is 0 Å². The van der Waals surface area contributed by atoms with Gasteiger partial charge in [-0.3, -0.25) is 9.52 Å². The van der Waals surface area contributed by atoms with E-state index in [9.17, 15) is 13.2 Å². The van der Waals surface area contributed by atoms with Crippen LogP contribution in [0.3, 0.4) is 0 Å². The van der Waals surface area contributed by atoms with E-state index in [-0.39, 0.29) is 10.6 Å². The summed E-state index contributed by atoms with van der Waals surface area (Å²) >= 11 is 8.74. The smallest absolute Gasteiger partial charge is 0.308 e. The van der Waals surface area contributed by atoms with Gasteiger partial charge in [0.15, 0.2) is 0 Å². The van der Waals surface area contributed by atoms with Crippen molar-refractivity contribution >= 4 is 67.2 Å². The molecular weight excluding hydrogens is 449 g/mol. The minimum absolute atomic E-state index is 0.0736. The number of anilines is 1. The average molecular weight is 458 g/mol. The Morgan fingerprint density at radius 1 is 1.33 bits per heavy atom. The van der Waals surface area contributed by atoms with Crippen LogP contribution in [0.15, 0.2) is 34.5 Å². The van der Waals surface area contributed by atoms with Gasteiger partial charge in [0.25, 0.3) is 10.0 Å². The standard InChI is InChI=1S/C12H9ClINO4S2/c13-7-1-3-10(9(14)5-7)15-21(18,19)12-4-2-8(20-12)6-11(16)17/h1-5,15H,6H2,(H,16,17). The predicted molar refractivity (Wildman–Crippen MR) is 90.6 cm³/mol. The largest absolute Gasteiger partial charge is 0.481 e. The molecule has 0 amide bonds. The SMILES string of the molecule is O=C(O)Cc1ccc(S(=O)(=O)Nc2ccc(Cl)cc2I)s1. The van der Waals surface area contributed by atoms with Gasteiger partial charge in [-0.15, -0.1) is 11.3 Å². The van der Waals surface area contributed by atoms with Gasteiger partial charge in [0.1, 0.15) is 4.21 Å². The van der Waals surface area contributed by atoms with Crippen molar-refractivity contribution in [2.24, 2.45) is 0 Å². The fourth-order valence-electron chi connectivity index (χ4n) is 1.51. The number of sulfonamides is 1. The van der Waals surface area contributed by atoms with E-state index in [0.29, 0.717) is 19.2 Å². The number of benzene rings is 1. The zero-order chi connectivity index (χ0) is 15.6. The molecule has 1 aromatic carbocycles. The van der Waals surface area contributed by atoms with Crippen molar-refractivity contribution in [2.75, 3.05) is 4.72 Å². The molecule has 0 aliphatic carbocycles. The molecule has 0 radical (unpaired) electrons. The Morgan fingerprint density at radius 2 is 2.05 bits per heavy atom. The highest BCUT2D eigenvalue weighted by molar-refractivity contribution is 14.1. The van der Waals surface area contributed by atoms with Gasteiger partial charge in [-0.05, 0) is 52.9 Å². The van der Waals surface area contributed by atoms with Crippen molar-refractivity contribution in [1.29, 1.82) is 0 Å². The van der Waals surface area contributed by atoms with Crippen LogP contribution in [0.25, 0.3) is 0 Å². The molecule has 21 heavy (non-hydrogen) atoms. The highest BCUT2D eigenvalue weighted by atomic mass is 127. The first-order valence-electron chi connectivity index (χ1n) is 5.56. The molecule has 0 spiro atoms. The fourth-order valence-corrected chi connectivity index (χ4v) is 5.13. The summed E-state index contributed by atoms with van der Waals surface area (Å²) in [6.45, 7) is 0. The van der Waals surface area contributed by atoms with Gasteiger partial charge < -0.3 is 5.11 Å². The summed E-state index contributed by atoms with van der Waals surface area (Å²) in [5.41, 5.74) is 0.424. The summed E-state index contributed by atoms with van der Waals surface area (Å²) in [5, 5.41) is 9.22. The third-order valence-corrected chi connectivity index (χ3v) is 6.47. The number of carboxylic acids is 1. The van der Waals surface area contributed by atoms with Crippen molar-refractivity contribution in [3.05, 3.63) is 43.8 Å². The van der Waals surface area contributed by atoms with Crippen LogP contribution in [0.2, 0.25) is 5.02 Å². The zero-order valence-electron chi connectivity index (χ0n) is 10.3. The van der Waals surface area contributed by atoms with Crippen LogP contribution in [0.1, 0.15) is 4.88 Å². The highest BCUT2D eigenvalue weighted by Crippen LogP contribution is 2.28. The predicted octanol–water partition coefficient (Wildman–Crippen LogP) is 3.43. The van der Waals surface area contributed by atoms with Crippen LogP contribution in [-0.4, -0.2) is 19.5 Å². The van der Waals surface area contributed by atoms with E-state index in [4.69, 9.17) is 16.7 Å². The quantitative estimate of drug-likeness (QED) is 0.674. The molecule has 0 aliphatic heterocycles. The Hall–Kier alpha value is -0.840. The van der Waals surface area contributed by atoms with Crippen molar-refractivity contribution in [1.82, 2.24) is 0 Å². The molecule has 112 valence electrons. The number of aliphatic carboxylic acids is 1. The van der Waals surface area contributed by atoms with Crippen molar-refractivity contribution in [2.45, 2.75) is 10.6 Å². The number of rotatable bonds is 5. The normalized spacial score (nSPS) is 11.3. The Morgan fingerprint density at radius 3 is 2.67 bits per heavy atom. The summed E-state index contributed by atoms with van der Waals surface area (Å²) in [4.78, 5) is 11.1. The zero-order valence-corrected chi connectivity index (χ0v) is 14.9. The Labute approximate surface area is 144 Å². The summed E-state index contributed by atoms with van der Waals surface area (Å²) < 4.78 is 27.7. The van der Waals surface area contributed by atoms with E-state index in [1.165, 1.54) is 12.1 Å². The summed E-state index contributed by atoms with van der Waals surface area (Å²) in [6.07, 6.45) is -0.196. The lowest BCUT2D eigenvalue weighted by molar-refractivity contribution is -0.136. The monoisotopic (exact) mass is 457 g/mol. The molecule has 0 fully saturated rings. The van der Waals surface area contributed by atoms with Gasteiger partial charge in [0.05, 0.1) is 12.1 Å². The number of halogens is 2. The molecule has 1 heterocycles. The fraction of sp³-hybridized carbons (Fsp3) is 0.0833. The molecule has 0 unspecified atom stereocenters. The average Bonchev–Trinajstić information content (AvgIpc) is 2.81. The first kappa shape index (κ1) is 16.5. The van der Waals surface area contributed by atoms with E-state index in [1.54, 1.807) is 18.2 Å². The second kappa shape index (κ2) is 6.51. The van der Waals surface area contributed by atoms with Gasteiger partial charge in [-0.25, -0.2) is 8.42 Å². The topological polar surface area (TPSA) is 83.5 Å². The maximum atomic E-state index is 12.3. The van der Waals surface area contributed by atoms with Crippen LogP contribution < -0.4 is 4.72 Å². The Bertz CT molecular complexity index is 788. The van der Waals surface area contributed by atoms with E-state index in [1.807, 2.05) is 22.6 Å². The number of nitrogens with one attached hydrogen (secondary N) is 1. The molecule has 9 heteroatoms. The van der Waals surface area contributed by atoms with E-state index in [2.05, 4.69) is 4.72 Å². The van der Waals surface area contributed by atoms with Gasteiger partial charge >= 0.3 is 5.97 Å². The van der Waals surface area contributed by atoms with Crippen LogP contribution in [0.4, 0.5) is 5.69 Å². The number of thiophene rings is 1. The van der Waals surface area contributed by atoms with Gasteiger partial charge in [0, 0.05) is 13.5 Å². The van der Waals surface area contributed by atoms with Crippen molar-refractivity contribution in [3.8, 4) is 0 Å². The maximum absolute atomic E-state index is 12.3. The van der Waals surface area contributed by atoms with Crippen LogP contribution in [0, 0.1) is 3.57 Å². The minimum atomic E-state index is -3.74. The lowest BCUT2D eigenvalue weighted by Crippen LogP contribution is -2.12. The lowest BCUT2D eigenvalue weighted by Gasteiger charge is -2.08. The van der Waals surface area contributed by atoms with Crippen LogP contribution in [-0.2, 0) is 21.2 Å². The third-order valence-electron chi connectivity index (χ3n) is 2.40. The van der Waals surface area contributed by atoms with E-state index in [0.717, 1.165) is 11.3 Å². The van der Waals surface area contributed by atoms with Gasteiger partial charge in [-0.1, -0.05) is 11.6 Å². The minimum Gasteiger partial charge on any atom is -0.481 e. The molecule has 0 atom stereocenters. The van der Waals surface area contributed by atoms with Crippen LogP contribution >= 0.6 is 45.5 Å².